The molecule has 1 N–H and O–H groups in total. The fourth-order valence-electron chi connectivity index (χ4n) is 3.87. The normalized spacial score (nSPS) is 14.8. The molecule has 8 nitrogen and oxygen atoms in total. The summed E-state index contributed by atoms with van der Waals surface area (Å²) in [6.45, 7) is 6.29. The smallest absolute Gasteiger partial charge is 0.288 e. The van der Waals surface area contributed by atoms with Crippen LogP contribution in [0.3, 0.4) is 0 Å². The van der Waals surface area contributed by atoms with Crippen molar-refractivity contribution in [1.29, 1.82) is 0 Å². The van der Waals surface area contributed by atoms with E-state index in [0.717, 1.165) is 55.2 Å². The van der Waals surface area contributed by atoms with Crippen molar-refractivity contribution in [2.75, 3.05) is 45.2 Å². The number of piperazine rings is 1. The molecule has 0 aliphatic carbocycles. The minimum Gasteiger partial charge on any atom is -0.497 e. The number of aromatic nitrogens is 2. The summed E-state index contributed by atoms with van der Waals surface area (Å²) in [5, 5.41) is 7.60. The van der Waals surface area contributed by atoms with Gasteiger partial charge in [-0.05, 0) is 54.5 Å². The van der Waals surface area contributed by atoms with Gasteiger partial charge in [0.15, 0.2) is 0 Å². The highest BCUT2D eigenvalue weighted by Gasteiger charge is 2.20. The van der Waals surface area contributed by atoms with Crippen LogP contribution in [-0.2, 0) is 17.9 Å². The number of hydrogen-bond acceptors (Lipinski definition) is 7. The molecule has 0 saturated carbocycles. The van der Waals surface area contributed by atoms with E-state index >= 15 is 0 Å². The molecule has 0 unspecified atom stereocenters. The molecule has 1 aliphatic heterocycles. The molecule has 0 spiro atoms. The number of rotatable bonds is 8. The molecule has 3 aromatic rings. The van der Waals surface area contributed by atoms with E-state index in [2.05, 4.69) is 27.1 Å². The van der Waals surface area contributed by atoms with Crippen molar-refractivity contribution in [3.63, 3.8) is 0 Å². The van der Waals surface area contributed by atoms with Crippen LogP contribution >= 0.6 is 12.2 Å². The van der Waals surface area contributed by atoms with Gasteiger partial charge in [0.25, 0.3) is 4.84 Å². The molecule has 1 aromatic heterocycles. The first-order valence-corrected chi connectivity index (χ1v) is 11.5. The first-order valence-electron chi connectivity index (χ1n) is 11.1. The average molecular weight is 468 g/mol. The van der Waals surface area contributed by atoms with Gasteiger partial charge in [-0.1, -0.05) is 25.1 Å². The largest absolute Gasteiger partial charge is 0.497 e. The Kier molecular flexibility index (Phi) is 7.54. The monoisotopic (exact) mass is 467 g/mol. The Balaban J connectivity index is 1.28. The molecule has 0 radical (unpaired) electrons. The molecule has 1 fully saturated rings. The van der Waals surface area contributed by atoms with E-state index in [4.69, 9.17) is 21.4 Å². The third-order valence-electron chi connectivity index (χ3n) is 5.78. The molecular weight excluding hydrogens is 438 g/mol. The number of nitrogens with one attached hydrogen (secondary N) is 1. The van der Waals surface area contributed by atoms with Gasteiger partial charge in [0.1, 0.15) is 5.75 Å². The number of hydrogen-bond donors (Lipinski definition) is 1. The zero-order chi connectivity index (χ0) is 23.2. The van der Waals surface area contributed by atoms with Gasteiger partial charge in [-0.3, -0.25) is 14.6 Å². The molecule has 2 aromatic carbocycles. The highest BCUT2D eigenvalue weighted by Crippen LogP contribution is 2.21. The van der Waals surface area contributed by atoms with Crippen molar-refractivity contribution in [3.8, 4) is 17.2 Å². The van der Waals surface area contributed by atoms with Crippen molar-refractivity contribution < 1.29 is 13.9 Å². The van der Waals surface area contributed by atoms with Gasteiger partial charge in [0, 0.05) is 37.4 Å². The second kappa shape index (κ2) is 10.7. The van der Waals surface area contributed by atoms with E-state index < -0.39 is 0 Å². The van der Waals surface area contributed by atoms with Crippen LogP contribution in [0.4, 0.5) is 5.69 Å². The van der Waals surface area contributed by atoms with E-state index in [1.54, 1.807) is 11.8 Å². The van der Waals surface area contributed by atoms with Crippen molar-refractivity contribution >= 4 is 23.8 Å². The number of anilines is 1. The Morgan fingerprint density at radius 2 is 1.79 bits per heavy atom. The maximum Gasteiger partial charge on any atom is 0.288 e. The summed E-state index contributed by atoms with van der Waals surface area (Å²) in [5.74, 6) is 1.29. The van der Waals surface area contributed by atoms with E-state index in [0.29, 0.717) is 23.9 Å². The number of benzene rings is 2. The molecule has 33 heavy (non-hydrogen) atoms. The van der Waals surface area contributed by atoms with Crippen molar-refractivity contribution in [2.45, 2.75) is 20.0 Å². The second-order valence-electron chi connectivity index (χ2n) is 8.00. The molecule has 0 atom stereocenters. The predicted octanol–water partition coefficient (Wildman–Crippen LogP) is 3.66. The van der Waals surface area contributed by atoms with Crippen LogP contribution in [0.1, 0.15) is 12.5 Å². The molecular formula is C24H29N5O3S. The molecule has 2 heterocycles. The van der Waals surface area contributed by atoms with Crippen LogP contribution in [0.5, 0.6) is 5.75 Å². The molecule has 1 saturated heterocycles. The fourth-order valence-corrected chi connectivity index (χ4v) is 4.05. The van der Waals surface area contributed by atoms with Crippen LogP contribution in [0.25, 0.3) is 11.5 Å². The topological polar surface area (TPSA) is 75.8 Å². The number of para-hydroxylation sites is 1. The zero-order valence-electron chi connectivity index (χ0n) is 19.0. The third-order valence-corrected chi connectivity index (χ3v) is 6.08. The van der Waals surface area contributed by atoms with Crippen LogP contribution < -0.4 is 10.1 Å². The summed E-state index contributed by atoms with van der Waals surface area (Å²) in [7, 11) is 1.63. The highest BCUT2D eigenvalue weighted by molar-refractivity contribution is 7.71. The lowest BCUT2D eigenvalue weighted by Gasteiger charge is -2.33. The Labute approximate surface area is 198 Å². The lowest BCUT2D eigenvalue weighted by Crippen LogP contribution is -2.49. The maximum atomic E-state index is 12.5. The number of carbonyl (C=O) groups excluding carboxylic acids is 1. The molecule has 1 aliphatic rings. The summed E-state index contributed by atoms with van der Waals surface area (Å²) in [6.07, 6.45) is 0.889. The lowest BCUT2D eigenvalue weighted by atomic mass is 10.1. The van der Waals surface area contributed by atoms with Gasteiger partial charge in [-0.2, -0.15) is 0 Å². The number of amides is 1. The average Bonchev–Trinajstić information content (AvgIpc) is 3.20. The number of aryl methyl sites for hydroxylation is 1. The van der Waals surface area contributed by atoms with Crippen molar-refractivity contribution in [2.24, 2.45) is 0 Å². The summed E-state index contributed by atoms with van der Waals surface area (Å²) < 4.78 is 12.6. The summed E-state index contributed by atoms with van der Waals surface area (Å²) >= 11 is 5.37. The maximum absolute atomic E-state index is 12.5. The second-order valence-corrected chi connectivity index (χ2v) is 8.34. The van der Waals surface area contributed by atoms with Crippen LogP contribution in [0, 0.1) is 4.84 Å². The Morgan fingerprint density at radius 3 is 2.48 bits per heavy atom. The van der Waals surface area contributed by atoms with E-state index in [9.17, 15) is 4.79 Å². The summed E-state index contributed by atoms with van der Waals surface area (Å²) in [6, 6.07) is 15.5. The van der Waals surface area contributed by atoms with Crippen molar-refractivity contribution in [3.05, 3.63) is 58.9 Å². The van der Waals surface area contributed by atoms with Gasteiger partial charge >= 0.3 is 0 Å². The fraction of sp³-hybridized carbons (Fsp3) is 0.375. The standard InChI is InChI=1S/C24H29N5O3S/c1-3-18-6-4-5-7-21(18)25-22(30)16-27-12-14-28(15-13-27)17-29-24(33)32-23(26-29)19-8-10-20(31-2)11-9-19/h4-11H,3,12-17H2,1-2H3,(H,25,30). The molecule has 1 amide bonds. The number of methoxy groups -OCH3 is 1. The highest BCUT2D eigenvalue weighted by atomic mass is 32.1. The number of ether oxygens (including phenoxy) is 1. The number of nitrogens with zero attached hydrogens (tertiary/aromatic N) is 4. The quantitative estimate of drug-likeness (QED) is 0.507. The molecule has 9 heteroatoms. The SMILES string of the molecule is CCc1ccccc1NC(=O)CN1CCN(Cn2nc(-c3ccc(OC)cc3)oc2=S)CC1. The molecule has 174 valence electrons. The first kappa shape index (κ1) is 23.2. The van der Waals surface area contributed by atoms with Crippen LogP contribution in [0.15, 0.2) is 52.9 Å². The zero-order valence-corrected chi connectivity index (χ0v) is 19.8. The summed E-state index contributed by atoms with van der Waals surface area (Å²) in [5.41, 5.74) is 2.90. The minimum absolute atomic E-state index is 0.0206. The predicted molar refractivity (Wildman–Crippen MR) is 130 cm³/mol. The van der Waals surface area contributed by atoms with Gasteiger partial charge in [0.2, 0.25) is 11.8 Å². The Morgan fingerprint density at radius 1 is 1.09 bits per heavy atom. The van der Waals surface area contributed by atoms with Gasteiger partial charge < -0.3 is 14.5 Å². The van der Waals surface area contributed by atoms with Gasteiger partial charge in [-0.15, -0.1) is 5.10 Å². The number of carbonyl (C=O) groups is 1. The minimum atomic E-state index is 0.0206. The van der Waals surface area contributed by atoms with Crippen molar-refractivity contribution in [1.82, 2.24) is 19.6 Å². The Hall–Kier alpha value is -3.01. The summed E-state index contributed by atoms with van der Waals surface area (Å²) in [4.78, 5) is 17.3. The lowest BCUT2D eigenvalue weighted by molar-refractivity contribution is -0.117. The van der Waals surface area contributed by atoms with Gasteiger partial charge in [-0.25, -0.2) is 4.68 Å². The molecule has 4 rings (SSSR count). The Bertz CT molecular complexity index is 1130. The third kappa shape index (κ3) is 5.87. The van der Waals surface area contributed by atoms with E-state index in [1.807, 2.05) is 48.5 Å². The van der Waals surface area contributed by atoms with Gasteiger partial charge in [0.05, 0.1) is 20.3 Å². The molecule has 0 bridgehead atoms. The first-order chi connectivity index (χ1) is 16.1. The van der Waals surface area contributed by atoms with Crippen LogP contribution in [-0.4, -0.2) is 65.3 Å². The van der Waals surface area contributed by atoms with Crippen LogP contribution in [0.2, 0.25) is 0 Å². The van der Waals surface area contributed by atoms with E-state index in [1.165, 1.54) is 0 Å². The van der Waals surface area contributed by atoms with E-state index in [-0.39, 0.29) is 5.91 Å².